The molecule has 0 aliphatic carbocycles. The molecule has 3 nitrogen and oxygen atoms in total. The van der Waals surface area contributed by atoms with Crippen LogP contribution in [0.4, 0.5) is 4.39 Å². The summed E-state index contributed by atoms with van der Waals surface area (Å²) in [5, 5.41) is 0. The first-order chi connectivity index (χ1) is 9.71. The fourth-order valence-corrected chi connectivity index (χ4v) is 2.36. The fourth-order valence-electron chi connectivity index (χ4n) is 2.36. The number of hydrazine groups is 1. The van der Waals surface area contributed by atoms with Gasteiger partial charge in [0, 0.05) is 6.04 Å². The molecule has 4 heteroatoms. The molecular weight excluding hydrogens is 255 g/mol. The van der Waals surface area contributed by atoms with Crippen molar-refractivity contribution in [1.29, 1.82) is 0 Å². The number of nitrogens with two attached hydrogens (primary N) is 1. The molecule has 1 unspecified atom stereocenters. The number of halogens is 1. The quantitative estimate of drug-likeness (QED) is 0.392. The molecule has 0 amide bonds. The zero-order chi connectivity index (χ0) is 14.8. The maximum atomic E-state index is 13.6. The first-order valence-electron chi connectivity index (χ1n) is 7.49. The van der Waals surface area contributed by atoms with Gasteiger partial charge in [-0.05, 0) is 30.5 Å². The predicted molar refractivity (Wildman–Crippen MR) is 81.1 cm³/mol. The number of methoxy groups -OCH3 is 1. The van der Waals surface area contributed by atoms with Gasteiger partial charge >= 0.3 is 0 Å². The van der Waals surface area contributed by atoms with E-state index in [1.165, 1.54) is 38.9 Å². The zero-order valence-electron chi connectivity index (χ0n) is 12.6. The van der Waals surface area contributed by atoms with Crippen LogP contribution in [-0.2, 0) is 6.42 Å². The molecule has 3 N–H and O–H groups in total. The van der Waals surface area contributed by atoms with Crippen LogP contribution in [0, 0.1) is 5.82 Å². The van der Waals surface area contributed by atoms with Gasteiger partial charge in [-0.3, -0.25) is 11.3 Å². The van der Waals surface area contributed by atoms with Gasteiger partial charge in [-0.15, -0.1) is 0 Å². The van der Waals surface area contributed by atoms with E-state index in [2.05, 4.69) is 12.3 Å². The summed E-state index contributed by atoms with van der Waals surface area (Å²) in [7, 11) is 1.47. The lowest BCUT2D eigenvalue weighted by atomic mass is 10.00. The maximum Gasteiger partial charge on any atom is 0.165 e. The number of unbranched alkanes of at least 4 members (excludes halogenated alkanes) is 4. The molecule has 0 saturated heterocycles. The Morgan fingerprint density at radius 3 is 2.60 bits per heavy atom. The first kappa shape index (κ1) is 16.9. The Balaban J connectivity index is 2.41. The number of nitrogens with one attached hydrogen (secondary N) is 1. The van der Waals surface area contributed by atoms with Crippen LogP contribution in [0.25, 0.3) is 0 Å². The average molecular weight is 282 g/mol. The van der Waals surface area contributed by atoms with Crippen LogP contribution in [0.5, 0.6) is 5.75 Å². The molecule has 0 heterocycles. The summed E-state index contributed by atoms with van der Waals surface area (Å²) in [6, 6.07) is 5.28. The van der Waals surface area contributed by atoms with Gasteiger partial charge in [0.15, 0.2) is 11.6 Å². The molecule has 0 aliphatic heterocycles. The van der Waals surface area contributed by atoms with Gasteiger partial charge < -0.3 is 4.74 Å². The number of hydrogen-bond acceptors (Lipinski definition) is 3. The zero-order valence-corrected chi connectivity index (χ0v) is 12.6. The molecule has 114 valence electrons. The van der Waals surface area contributed by atoms with E-state index in [0.717, 1.165) is 24.8 Å². The molecule has 1 atom stereocenters. The molecule has 1 rings (SSSR count). The SMILES string of the molecule is CCCCCCCC(Cc1ccc(OC)c(F)c1)NN. The van der Waals surface area contributed by atoms with E-state index in [-0.39, 0.29) is 17.6 Å². The molecule has 0 spiro atoms. The van der Waals surface area contributed by atoms with E-state index in [1.807, 2.05) is 6.07 Å². The van der Waals surface area contributed by atoms with E-state index in [4.69, 9.17) is 10.6 Å². The molecule has 0 radical (unpaired) electrons. The van der Waals surface area contributed by atoms with Crippen molar-refractivity contribution in [3.05, 3.63) is 29.6 Å². The third kappa shape index (κ3) is 5.88. The van der Waals surface area contributed by atoms with Crippen molar-refractivity contribution in [3.8, 4) is 5.75 Å². The Hall–Kier alpha value is -1.13. The molecule has 0 bridgehead atoms. The Kier molecular flexibility index (Phi) is 8.23. The molecule has 1 aromatic rings. The first-order valence-corrected chi connectivity index (χ1v) is 7.49. The third-order valence-corrected chi connectivity index (χ3v) is 3.59. The highest BCUT2D eigenvalue weighted by Crippen LogP contribution is 2.19. The highest BCUT2D eigenvalue weighted by atomic mass is 19.1. The van der Waals surface area contributed by atoms with Crippen molar-refractivity contribution in [1.82, 2.24) is 5.43 Å². The van der Waals surface area contributed by atoms with Gasteiger partial charge in [0.2, 0.25) is 0 Å². The van der Waals surface area contributed by atoms with Crippen molar-refractivity contribution in [2.24, 2.45) is 5.84 Å². The molecule has 20 heavy (non-hydrogen) atoms. The number of hydrogen-bond donors (Lipinski definition) is 2. The summed E-state index contributed by atoms with van der Waals surface area (Å²) < 4.78 is 18.5. The minimum Gasteiger partial charge on any atom is -0.494 e. The Morgan fingerprint density at radius 1 is 1.25 bits per heavy atom. The van der Waals surface area contributed by atoms with Gasteiger partial charge in [-0.1, -0.05) is 45.1 Å². The predicted octanol–water partition coefficient (Wildman–Crippen LogP) is 3.57. The minimum atomic E-state index is -0.316. The molecule has 1 aromatic carbocycles. The van der Waals surface area contributed by atoms with Crippen LogP contribution in [0.2, 0.25) is 0 Å². The fraction of sp³-hybridized carbons (Fsp3) is 0.625. The lowest BCUT2D eigenvalue weighted by Crippen LogP contribution is -2.36. The monoisotopic (exact) mass is 282 g/mol. The highest BCUT2D eigenvalue weighted by Gasteiger charge is 2.10. The van der Waals surface area contributed by atoms with Gasteiger partial charge in [-0.2, -0.15) is 0 Å². The van der Waals surface area contributed by atoms with Gasteiger partial charge in [0.25, 0.3) is 0 Å². The van der Waals surface area contributed by atoms with Gasteiger partial charge in [0.1, 0.15) is 0 Å². The second-order valence-electron chi connectivity index (χ2n) is 5.24. The summed E-state index contributed by atoms with van der Waals surface area (Å²) >= 11 is 0. The Bertz CT molecular complexity index is 385. The van der Waals surface area contributed by atoms with Crippen molar-refractivity contribution in [2.75, 3.05) is 7.11 Å². The topological polar surface area (TPSA) is 47.3 Å². The van der Waals surface area contributed by atoms with Crippen LogP contribution in [0.15, 0.2) is 18.2 Å². The van der Waals surface area contributed by atoms with E-state index in [0.29, 0.717) is 0 Å². The Labute approximate surface area is 121 Å². The molecule has 0 aliphatic rings. The molecule has 0 aromatic heterocycles. The summed E-state index contributed by atoms with van der Waals surface area (Å²) in [5.74, 6) is 5.55. The average Bonchev–Trinajstić information content (AvgIpc) is 2.46. The highest BCUT2D eigenvalue weighted by molar-refractivity contribution is 5.29. The van der Waals surface area contributed by atoms with Crippen LogP contribution in [-0.4, -0.2) is 13.2 Å². The van der Waals surface area contributed by atoms with Gasteiger partial charge in [0.05, 0.1) is 7.11 Å². The third-order valence-electron chi connectivity index (χ3n) is 3.59. The van der Waals surface area contributed by atoms with Crippen molar-refractivity contribution in [3.63, 3.8) is 0 Å². The van der Waals surface area contributed by atoms with Crippen LogP contribution in [0.1, 0.15) is 51.0 Å². The standard InChI is InChI=1S/C16H27FN2O/c1-3-4-5-6-7-8-14(19-18)11-13-9-10-16(20-2)15(17)12-13/h9-10,12,14,19H,3-8,11,18H2,1-2H3. The van der Waals surface area contributed by atoms with Crippen molar-refractivity contribution >= 4 is 0 Å². The van der Waals surface area contributed by atoms with E-state index in [9.17, 15) is 4.39 Å². The van der Waals surface area contributed by atoms with Crippen LogP contribution in [0.3, 0.4) is 0 Å². The molecule has 0 fully saturated rings. The lowest BCUT2D eigenvalue weighted by Gasteiger charge is -2.16. The number of rotatable bonds is 10. The normalized spacial score (nSPS) is 12.4. The van der Waals surface area contributed by atoms with E-state index >= 15 is 0 Å². The van der Waals surface area contributed by atoms with Crippen molar-refractivity contribution < 1.29 is 9.13 Å². The Morgan fingerprint density at radius 2 is 2.00 bits per heavy atom. The second kappa shape index (κ2) is 9.72. The maximum absolute atomic E-state index is 13.6. The van der Waals surface area contributed by atoms with Gasteiger partial charge in [-0.25, -0.2) is 4.39 Å². The summed E-state index contributed by atoms with van der Waals surface area (Å²) in [6.07, 6.45) is 7.99. The van der Waals surface area contributed by atoms with Crippen LogP contribution >= 0.6 is 0 Å². The summed E-state index contributed by atoms with van der Waals surface area (Å²) in [6.45, 7) is 2.21. The molecular formula is C16H27FN2O. The lowest BCUT2D eigenvalue weighted by molar-refractivity contribution is 0.385. The summed E-state index contributed by atoms with van der Waals surface area (Å²) in [5.41, 5.74) is 3.78. The second-order valence-corrected chi connectivity index (χ2v) is 5.24. The summed E-state index contributed by atoms with van der Waals surface area (Å²) in [4.78, 5) is 0. The largest absolute Gasteiger partial charge is 0.494 e. The van der Waals surface area contributed by atoms with Crippen LogP contribution < -0.4 is 16.0 Å². The smallest absolute Gasteiger partial charge is 0.165 e. The number of ether oxygens (including phenoxy) is 1. The van der Waals surface area contributed by atoms with E-state index in [1.54, 1.807) is 6.07 Å². The van der Waals surface area contributed by atoms with E-state index < -0.39 is 0 Å². The number of benzene rings is 1. The van der Waals surface area contributed by atoms with Crippen molar-refractivity contribution in [2.45, 2.75) is 57.9 Å². The minimum absolute atomic E-state index is 0.199. The molecule has 0 saturated carbocycles.